The van der Waals surface area contributed by atoms with E-state index in [9.17, 15) is 24.9 Å². The molecule has 2 saturated carbocycles. The van der Waals surface area contributed by atoms with Gasteiger partial charge in [-0.3, -0.25) is 4.79 Å². The molecule has 6 heteroatoms. The van der Waals surface area contributed by atoms with Crippen LogP contribution < -0.4 is 0 Å². The summed E-state index contributed by atoms with van der Waals surface area (Å²) in [5, 5.41) is 33.3. The number of hydrogen-bond donors (Lipinski definition) is 3. The highest BCUT2D eigenvalue weighted by Crippen LogP contribution is 2.70. The van der Waals surface area contributed by atoms with Crippen molar-refractivity contribution in [2.75, 3.05) is 6.61 Å². The zero-order valence-electron chi connectivity index (χ0n) is 18.3. The van der Waals surface area contributed by atoms with E-state index in [0.29, 0.717) is 23.5 Å². The monoisotopic (exact) mass is 416 g/mol. The maximum absolute atomic E-state index is 14.0. The van der Waals surface area contributed by atoms with Gasteiger partial charge in [0, 0.05) is 11.5 Å². The summed E-state index contributed by atoms with van der Waals surface area (Å²) in [6.45, 7) is 8.86. The molecule has 164 valence electrons. The van der Waals surface area contributed by atoms with Crippen LogP contribution in [0.15, 0.2) is 34.9 Å². The molecule has 30 heavy (non-hydrogen) atoms. The summed E-state index contributed by atoms with van der Waals surface area (Å²) in [6, 6.07) is 0. The SMILES string of the molecule is C/C=C(/C)C(=O)O[C@H]1C(C)=C[C@@]23CC[C@@H]4[C@H]([C@H](C=C(CO)[C@@H](O)[C@]12O)C3=O)C4(C)C. The quantitative estimate of drug-likeness (QED) is 0.370. The summed E-state index contributed by atoms with van der Waals surface area (Å²) in [7, 11) is 0. The van der Waals surface area contributed by atoms with Crippen molar-refractivity contribution in [1.29, 1.82) is 0 Å². The number of ketones is 1. The van der Waals surface area contributed by atoms with Crippen molar-refractivity contribution in [2.24, 2.45) is 28.6 Å². The number of carbonyl (C=O) groups excluding carboxylic acids is 2. The smallest absolute Gasteiger partial charge is 0.334 e. The summed E-state index contributed by atoms with van der Waals surface area (Å²) < 4.78 is 5.68. The molecule has 0 aromatic carbocycles. The third-order valence-electron chi connectivity index (χ3n) is 8.44. The van der Waals surface area contributed by atoms with Crippen LogP contribution in [0.25, 0.3) is 0 Å². The van der Waals surface area contributed by atoms with Crippen LogP contribution in [0.5, 0.6) is 0 Å². The Morgan fingerprint density at radius 2 is 2.03 bits per heavy atom. The van der Waals surface area contributed by atoms with E-state index < -0.39 is 41.7 Å². The van der Waals surface area contributed by atoms with Crippen molar-refractivity contribution in [2.45, 2.75) is 65.3 Å². The first-order valence-corrected chi connectivity index (χ1v) is 10.8. The van der Waals surface area contributed by atoms with E-state index >= 15 is 0 Å². The first kappa shape index (κ1) is 21.5. The number of hydrogen-bond acceptors (Lipinski definition) is 6. The van der Waals surface area contributed by atoms with E-state index in [-0.39, 0.29) is 22.7 Å². The lowest BCUT2D eigenvalue weighted by atomic mass is 9.63. The van der Waals surface area contributed by atoms with Crippen LogP contribution in [0.3, 0.4) is 0 Å². The van der Waals surface area contributed by atoms with Gasteiger partial charge in [0.2, 0.25) is 0 Å². The fraction of sp³-hybridized carbons (Fsp3) is 0.667. The summed E-state index contributed by atoms with van der Waals surface area (Å²) in [6.07, 6.45) is 3.43. The normalized spacial score (nSPS) is 44.2. The Morgan fingerprint density at radius 3 is 2.63 bits per heavy atom. The summed E-state index contributed by atoms with van der Waals surface area (Å²) in [4.78, 5) is 26.5. The van der Waals surface area contributed by atoms with Crippen LogP contribution in [-0.2, 0) is 14.3 Å². The highest BCUT2D eigenvalue weighted by atomic mass is 16.6. The minimum absolute atomic E-state index is 0.00132. The van der Waals surface area contributed by atoms with Gasteiger partial charge in [-0.15, -0.1) is 0 Å². The molecule has 0 amide bonds. The summed E-state index contributed by atoms with van der Waals surface area (Å²) in [5.74, 6) is -0.795. The Balaban J connectivity index is 1.86. The lowest BCUT2D eigenvalue weighted by molar-refractivity contribution is -0.194. The van der Waals surface area contributed by atoms with Crippen LogP contribution in [0, 0.1) is 28.6 Å². The number of allylic oxidation sites excluding steroid dienone is 2. The second-order valence-corrected chi connectivity index (χ2v) is 10.1. The van der Waals surface area contributed by atoms with Crippen LogP contribution in [0.2, 0.25) is 0 Å². The summed E-state index contributed by atoms with van der Waals surface area (Å²) >= 11 is 0. The van der Waals surface area contributed by atoms with Gasteiger partial charge in [0.1, 0.15) is 6.10 Å². The molecule has 2 fully saturated rings. The molecule has 7 atom stereocenters. The van der Waals surface area contributed by atoms with E-state index in [0.717, 1.165) is 6.42 Å². The van der Waals surface area contributed by atoms with Gasteiger partial charge in [-0.05, 0) is 62.0 Å². The molecule has 4 rings (SSSR count). The number of Topliss-reactive ketones (excluding diaryl/α,β-unsaturated/α-hetero) is 1. The molecule has 0 aromatic heterocycles. The van der Waals surface area contributed by atoms with Crippen molar-refractivity contribution in [3.63, 3.8) is 0 Å². The van der Waals surface area contributed by atoms with Gasteiger partial charge < -0.3 is 20.1 Å². The molecule has 0 heterocycles. The maximum Gasteiger partial charge on any atom is 0.334 e. The van der Waals surface area contributed by atoms with E-state index in [4.69, 9.17) is 4.74 Å². The van der Waals surface area contributed by atoms with Crippen molar-refractivity contribution in [3.05, 3.63) is 34.9 Å². The Morgan fingerprint density at radius 1 is 1.37 bits per heavy atom. The second kappa shape index (κ2) is 6.62. The number of aliphatic hydroxyl groups is 3. The van der Waals surface area contributed by atoms with E-state index in [1.807, 2.05) is 0 Å². The zero-order valence-corrected chi connectivity index (χ0v) is 18.3. The largest absolute Gasteiger partial charge is 0.451 e. The van der Waals surface area contributed by atoms with E-state index in [1.165, 1.54) is 0 Å². The Labute approximate surface area is 177 Å². The van der Waals surface area contributed by atoms with Crippen LogP contribution in [0.1, 0.15) is 47.5 Å². The molecular formula is C24H32O6. The molecule has 0 saturated heterocycles. The number of esters is 1. The average molecular weight is 417 g/mol. The van der Waals surface area contributed by atoms with Gasteiger partial charge in [-0.2, -0.15) is 0 Å². The number of ether oxygens (including phenoxy) is 1. The van der Waals surface area contributed by atoms with Gasteiger partial charge in [-0.1, -0.05) is 32.1 Å². The third-order valence-corrected chi connectivity index (χ3v) is 8.44. The summed E-state index contributed by atoms with van der Waals surface area (Å²) in [5.41, 5.74) is -2.27. The maximum atomic E-state index is 14.0. The molecule has 1 spiro atoms. The van der Waals surface area contributed by atoms with Crippen LogP contribution >= 0.6 is 0 Å². The molecule has 0 aromatic rings. The first-order chi connectivity index (χ1) is 14.0. The van der Waals surface area contributed by atoms with Gasteiger partial charge in [0.05, 0.1) is 12.0 Å². The lowest BCUT2D eigenvalue weighted by Gasteiger charge is -2.46. The third kappa shape index (κ3) is 2.47. The first-order valence-electron chi connectivity index (χ1n) is 10.8. The molecule has 4 aliphatic carbocycles. The van der Waals surface area contributed by atoms with Crippen molar-refractivity contribution < 1.29 is 29.6 Å². The number of fused-ring (bicyclic) bond motifs is 3. The standard InChI is InChI=1S/C24H32O6/c1-6-12(2)21(28)30-20-13(3)10-23-8-7-16-17(22(16,4)5)15(19(23)27)9-14(11-25)18(26)24(20,23)29/h6,9-10,15-18,20,25-26,29H,7-8,11H2,1-5H3/b12-6-/t15-,16+,17-,18+,20-,23+,24-/m0/s1. The molecule has 4 aliphatic rings. The molecule has 3 N–H and O–H groups in total. The highest BCUT2D eigenvalue weighted by molar-refractivity contribution is 5.95. The second-order valence-electron chi connectivity index (χ2n) is 10.1. The van der Waals surface area contributed by atoms with Crippen LogP contribution in [0.4, 0.5) is 0 Å². The molecule has 2 bridgehead atoms. The highest BCUT2D eigenvalue weighted by Gasteiger charge is 2.74. The molecular weight excluding hydrogens is 384 g/mol. The fourth-order valence-electron chi connectivity index (χ4n) is 6.53. The van der Waals surface area contributed by atoms with Crippen LogP contribution in [-0.4, -0.2) is 51.5 Å². The molecule has 0 radical (unpaired) electrons. The fourth-order valence-corrected chi connectivity index (χ4v) is 6.53. The number of aliphatic hydroxyl groups excluding tert-OH is 2. The Bertz CT molecular complexity index is 895. The van der Waals surface area contributed by atoms with Gasteiger partial charge in [0.25, 0.3) is 0 Å². The van der Waals surface area contributed by atoms with E-state index in [1.54, 1.807) is 39.0 Å². The Kier molecular flexibility index (Phi) is 4.74. The number of carbonyl (C=O) groups is 2. The molecule has 6 nitrogen and oxygen atoms in total. The topological polar surface area (TPSA) is 104 Å². The van der Waals surface area contributed by atoms with Gasteiger partial charge >= 0.3 is 5.97 Å². The minimum atomic E-state index is -2.05. The van der Waals surface area contributed by atoms with Crippen molar-refractivity contribution in [3.8, 4) is 0 Å². The minimum Gasteiger partial charge on any atom is -0.451 e. The van der Waals surface area contributed by atoms with Gasteiger partial charge in [0.15, 0.2) is 17.5 Å². The molecule has 0 unspecified atom stereocenters. The van der Waals surface area contributed by atoms with E-state index in [2.05, 4.69) is 13.8 Å². The Hall–Kier alpha value is -1.76. The lowest BCUT2D eigenvalue weighted by Crippen LogP contribution is -2.63. The van der Waals surface area contributed by atoms with Crippen molar-refractivity contribution >= 4 is 11.8 Å². The zero-order chi connectivity index (χ0) is 22.2. The number of rotatable bonds is 3. The van der Waals surface area contributed by atoms with Crippen molar-refractivity contribution in [1.82, 2.24) is 0 Å². The van der Waals surface area contributed by atoms with Gasteiger partial charge in [-0.25, -0.2) is 4.79 Å². The predicted molar refractivity (Wildman–Crippen MR) is 110 cm³/mol. The average Bonchev–Trinajstić information content (AvgIpc) is 3.23. The predicted octanol–water partition coefficient (Wildman–Crippen LogP) is 2.09. The molecule has 0 aliphatic heterocycles.